The highest BCUT2D eigenvalue weighted by Gasteiger charge is 2.37. The lowest BCUT2D eigenvalue weighted by molar-refractivity contribution is -0.202. The van der Waals surface area contributed by atoms with Crippen LogP contribution in [0, 0.1) is 0 Å². The molecule has 0 aromatic heterocycles. The third kappa shape index (κ3) is 4.19. The lowest BCUT2D eigenvalue weighted by Crippen LogP contribution is -2.39. The molecule has 1 rings (SSSR count). The van der Waals surface area contributed by atoms with E-state index in [9.17, 15) is 13.2 Å². The Bertz CT molecular complexity index is 365. The zero-order chi connectivity index (χ0) is 13.8. The molecule has 0 heterocycles. The molecule has 0 radical (unpaired) electrons. The van der Waals surface area contributed by atoms with Gasteiger partial charge < -0.3 is 15.2 Å². The Labute approximate surface area is 104 Å². The fourth-order valence-corrected chi connectivity index (χ4v) is 1.41. The van der Waals surface area contributed by atoms with Crippen LogP contribution >= 0.6 is 0 Å². The molecule has 1 aromatic rings. The number of halogens is 3. The highest BCUT2D eigenvalue weighted by Crippen LogP contribution is 2.21. The van der Waals surface area contributed by atoms with E-state index in [0.29, 0.717) is 5.75 Å². The van der Waals surface area contributed by atoms with Gasteiger partial charge >= 0.3 is 6.18 Å². The minimum absolute atomic E-state index is 0.284. The number of hydrogen-bond acceptors (Lipinski definition) is 3. The van der Waals surface area contributed by atoms with E-state index in [4.69, 9.17) is 9.84 Å². The van der Waals surface area contributed by atoms with Crippen molar-refractivity contribution in [3.8, 4) is 5.75 Å². The van der Waals surface area contributed by atoms with Gasteiger partial charge in [0.25, 0.3) is 0 Å². The fourth-order valence-electron chi connectivity index (χ4n) is 1.41. The van der Waals surface area contributed by atoms with Gasteiger partial charge in [-0.3, -0.25) is 0 Å². The Kier molecular flexibility index (Phi) is 4.98. The predicted molar refractivity (Wildman–Crippen MR) is 61.5 cm³/mol. The van der Waals surface area contributed by atoms with Crippen molar-refractivity contribution < 1.29 is 23.0 Å². The minimum atomic E-state index is -4.59. The molecule has 6 heteroatoms. The van der Waals surface area contributed by atoms with Gasteiger partial charge in [-0.05, 0) is 24.6 Å². The van der Waals surface area contributed by atoms with Crippen LogP contribution in [0.3, 0.4) is 0 Å². The molecule has 1 aromatic carbocycles. The van der Waals surface area contributed by atoms with Crippen molar-refractivity contribution in [1.29, 1.82) is 0 Å². The predicted octanol–water partition coefficient (Wildman–Crippen LogP) is 2.27. The lowest BCUT2D eigenvalue weighted by Gasteiger charge is -2.19. The molecule has 0 aliphatic heterocycles. The van der Waals surface area contributed by atoms with Crippen molar-refractivity contribution in [3.05, 3.63) is 29.8 Å². The van der Waals surface area contributed by atoms with Crippen LogP contribution in [-0.4, -0.2) is 31.0 Å². The van der Waals surface area contributed by atoms with E-state index >= 15 is 0 Å². The van der Waals surface area contributed by atoms with Crippen LogP contribution in [0.25, 0.3) is 0 Å². The molecule has 0 saturated heterocycles. The Balaban J connectivity index is 2.52. The van der Waals surface area contributed by atoms with Gasteiger partial charge in [-0.15, -0.1) is 0 Å². The molecule has 1 unspecified atom stereocenters. The van der Waals surface area contributed by atoms with Crippen LogP contribution in [0.2, 0.25) is 0 Å². The maximum Gasteiger partial charge on any atom is 0.415 e. The molecule has 0 aliphatic rings. The van der Waals surface area contributed by atoms with Gasteiger partial charge in [-0.25, -0.2) is 0 Å². The van der Waals surface area contributed by atoms with Crippen LogP contribution in [0.5, 0.6) is 5.75 Å². The lowest BCUT2D eigenvalue weighted by atomic mass is 10.1. The first kappa shape index (κ1) is 14.8. The summed E-state index contributed by atoms with van der Waals surface area (Å²) in [6, 6.07) is 6.70. The Morgan fingerprint density at radius 2 is 1.83 bits per heavy atom. The summed E-state index contributed by atoms with van der Waals surface area (Å²) in [4.78, 5) is 0. The van der Waals surface area contributed by atoms with Crippen molar-refractivity contribution in [3.63, 3.8) is 0 Å². The number of aliphatic hydroxyl groups excluding tert-OH is 1. The van der Waals surface area contributed by atoms with Gasteiger partial charge in [0.05, 0.1) is 7.11 Å². The SMILES string of the molecule is COc1ccc([C@H](C)NCC(O)C(F)(F)F)cc1. The standard InChI is InChI=1S/C12H16F3NO2/c1-8(16-7-11(17)12(13,14)15)9-3-5-10(18-2)6-4-9/h3-6,8,11,16-17H,7H2,1-2H3/t8-,11?/m0/s1. The molecule has 2 N–H and O–H groups in total. The van der Waals surface area contributed by atoms with Crippen LogP contribution < -0.4 is 10.1 Å². The monoisotopic (exact) mass is 263 g/mol. The van der Waals surface area contributed by atoms with Gasteiger partial charge in [-0.2, -0.15) is 13.2 Å². The molecule has 3 nitrogen and oxygen atoms in total. The van der Waals surface area contributed by atoms with E-state index in [1.165, 1.54) is 7.11 Å². The zero-order valence-corrected chi connectivity index (χ0v) is 10.2. The van der Waals surface area contributed by atoms with Crippen molar-refractivity contribution in [1.82, 2.24) is 5.32 Å². The highest BCUT2D eigenvalue weighted by molar-refractivity contribution is 5.28. The largest absolute Gasteiger partial charge is 0.497 e. The van der Waals surface area contributed by atoms with Gasteiger partial charge in [0.2, 0.25) is 0 Å². The number of hydrogen-bond donors (Lipinski definition) is 2. The molecule has 18 heavy (non-hydrogen) atoms. The molecule has 0 spiro atoms. The van der Waals surface area contributed by atoms with Crippen molar-refractivity contribution in [2.75, 3.05) is 13.7 Å². The number of nitrogens with one attached hydrogen (secondary N) is 1. The van der Waals surface area contributed by atoms with E-state index in [2.05, 4.69) is 5.32 Å². The quantitative estimate of drug-likeness (QED) is 0.856. The van der Waals surface area contributed by atoms with Gasteiger partial charge in [0.15, 0.2) is 6.10 Å². The fraction of sp³-hybridized carbons (Fsp3) is 0.500. The van der Waals surface area contributed by atoms with Crippen molar-refractivity contribution in [2.24, 2.45) is 0 Å². The van der Waals surface area contributed by atoms with Gasteiger partial charge in [-0.1, -0.05) is 12.1 Å². The summed E-state index contributed by atoms with van der Waals surface area (Å²) in [6.45, 7) is 1.20. The summed E-state index contributed by atoms with van der Waals surface area (Å²) in [5.74, 6) is 0.682. The van der Waals surface area contributed by atoms with Crippen LogP contribution in [0.4, 0.5) is 13.2 Å². The second kappa shape index (κ2) is 6.06. The molecule has 2 atom stereocenters. The number of rotatable bonds is 5. The first-order chi connectivity index (χ1) is 8.34. The van der Waals surface area contributed by atoms with Gasteiger partial charge in [0, 0.05) is 12.6 Å². The number of aliphatic hydroxyl groups is 1. The topological polar surface area (TPSA) is 41.5 Å². The van der Waals surface area contributed by atoms with Crippen LogP contribution in [-0.2, 0) is 0 Å². The maximum atomic E-state index is 12.1. The van der Waals surface area contributed by atoms with E-state index in [0.717, 1.165) is 5.56 Å². The Morgan fingerprint density at radius 3 is 2.28 bits per heavy atom. The second-order valence-corrected chi connectivity index (χ2v) is 3.96. The highest BCUT2D eigenvalue weighted by atomic mass is 19.4. The zero-order valence-electron chi connectivity index (χ0n) is 10.2. The van der Waals surface area contributed by atoms with Crippen molar-refractivity contribution in [2.45, 2.75) is 25.2 Å². The van der Waals surface area contributed by atoms with Crippen LogP contribution in [0.15, 0.2) is 24.3 Å². The summed E-state index contributed by atoms with van der Waals surface area (Å²) in [7, 11) is 1.54. The van der Waals surface area contributed by atoms with E-state index in [1.54, 1.807) is 31.2 Å². The van der Waals surface area contributed by atoms with E-state index in [1.807, 2.05) is 0 Å². The Morgan fingerprint density at radius 1 is 1.28 bits per heavy atom. The summed E-state index contributed by atoms with van der Waals surface area (Å²) in [5.41, 5.74) is 0.824. The smallest absolute Gasteiger partial charge is 0.415 e. The van der Waals surface area contributed by atoms with Crippen molar-refractivity contribution >= 4 is 0 Å². The number of benzene rings is 1. The first-order valence-electron chi connectivity index (χ1n) is 5.46. The molecule has 0 amide bonds. The summed E-state index contributed by atoms with van der Waals surface area (Å²) in [5, 5.41) is 11.5. The van der Waals surface area contributed by atoms with E-state index < -0.39 is 18.8 Å². The van der Waals surface area contributed by atoms with Crippen LogP contribution in [0.1, 0.15) is 18.5 Å². The molecule has 0 fully saturated rings. The first-order valence-corrected chi connectivity index (χ1v) is 5.46. The minimum Gasteiger partial charge on any atom is -0.497 e. The average molecular weight is 263 g/mol. The van der Waals surface area contributed by atoms with Gasteiger partial charge in [0.1, 0.15) is 5.75 Å². The maximum absolute atomic E-state index is 12.1. The number of methoxy groups -OCH3 is 1. The third-order valence-electron chi connectivity index (χ3n) is 2.61. The summed E-state index contributed by atoms with van der Waals surface area (Å²) < 4.78 is 41.3. The third-order valence-corrected chi connectivity index (χ3v) is 2.61. The summed E-state index contributed by atoms with van der Waals surface area (Å²) in [6.07, 6.45) is -6.94. The molecule has 0 bridgehead atoms. The molecule has 0 saturated carbocycles. The Hall–Kier alpha value is -1.27. The number of ether oxygens (including phenoxy) is 1. The normalized spacial score (nSPS) is 15.2. The molecule has 102 valence electrons. The van der Waals surface area contributed by atoms with E-state index in [-0.39, 0.29) is 6.04 Å². The average Bonchev–Trinajstić information content (AvgIpc) is 2.34. The molecular formula is C12H16F3NO2. The summed E-state index contributed by atoms with van der Waals surface area (Å²) >= 11 is 0. The molecule has 0 aliphatic carbocycles. The molecular weight excluding hydrogens is 247 g/mol. The second-order valence-electron chi connectivity index (χ2n) is 3.96. The number of alkyl halides is 3.